The van der Waals surface area contributed by atoms with Gasteiger partial charge in [0, 0.05) is 30.8 Å². The van der Waals surface area contributed by atoms with E-state index in [4.69, 9.17) is 0 Å². The van der Waals surface area contributed by atoms with Crippen molar-refractivity contribution in [2.24, 2.45) is 0 Å². The number of carbonyl (C=O) groups is 5. The van der Waals surface area contributed by atoms with Crippen LogP contribution in [0.2, 0.25) is 0 Å². The van der Waals surface area contributed by atoms with Gasteiger partial charge >= 0.3 is 17.8 Å². The van der Waals surface area contributed by atoms with Crippen LogP contribution in [-0.2, 0) is 14.4 Å². The fourth-order valence-corrected chi connectivity index (χ4v) is 3.11. The Bertz CT molecular complexity index is 804. The lowest BCUT2D eigenvalue weighted by atomic mass is 10.1. The summed E-state index contributed by atoms with van der Waals surface area (Å²) in [5.41, 5.74) is 0.894. The molecule has 1 aromatic rings. The van der Waals surface area contributed by atoms with Gasteiger partial charge in [0.1, 0.15) is 0 Å². The van der Waals surface area contributed by atoms with Crippen LogP contribution in [0.25, 0.3) is 0 Å². The molecule has 2 aliphatic rings. The maximum atomic E-state index is 12.5. The molecule has 8 nitrogen and oxygen atoms in total. The highest BCUT2D eigenvalue weighted by atomic mass is 16.2. The number of carbonyl (C=O) groups excluding carboxylic acids is 5. The second-order valence-electron chi connectivity index (χ2n) is 6.25. The summed E-state index contributed by atoms with van der Waals surface area (Å²) in [6.07, 6.45) is 1.77. The number of amides is 5. The van der Waals surface area contributed by atoms with Crippen LogP contribution in [-0.4, -0.2) is 59.0 Å². The molecule has 8 heteroatoms. The average molecular weight is 357 g/mol. The topological polar surface area (TPSA) is 95.1 Å². The predicted molar refractivity (Wildman–Crippen MR) is 91.5 cm³/mol. The van der Waals surface area contributed by atoms with Gasteiger partial charge in [-0.05, 0) is 25.0 Å². The molecule has 0 spiro atoms. The van der Waals surface area contributed by atoms with E-state index in [1.54, 1.807) is 36.1 Å². The number of Topliss-reactive ketones (excluding diaryl/α,β-unsaturated/α-hetero) is 1. The molecule has 0 saturated carbocycles. The van der Waals surface area contributed by atoms with Gasteiger partial charge in [-0.1, -0.05) is 19.1 Å². The first kappa shape index (κ1) is 17.8. The summed E-state index contributed by atoms with van der Waals surface area (Å²) in [5, 5.41) is 0. The van der Waals surface area contributed by atoms with E-state index in [0.29, 0.717) is 30.0 Å². The smallest absolute Gasteiger partial charge is 0.312 e. The van der Waals surface area contributed by atoms with Crippen molar-refractivity contribution in [1.29, 1.82) is 0 Å². The highest BCUT2D eigenvalue weighted by Gasteiger charge is 2.44. The first-order valence-electron chi connectivity index (χ1n) is 8.55. The van der Waals surface area contributed by atoms with Crippen molar-refractivity contribution in [3.63, 3.8) is 0 Å². The predicted octanol–water partition coefficient (Wildman–Crippen LogP) is 1.20. The first-order valence-corrected chi connectivity index (χ1v) is 8.55. The molecular formula is C18H19N3O5. The summed E-state index contributed by atoms with van der Waals surface area (Å²) in [6, 6.07) is 5.75. The zero-order valence-electron chi connectivity index (χ0n) is 14.4. The summed E-state index contributed by atoms with van der Waals surface area (Å²) in [7, 11) is 0. The summed E-state index contributed by atoms with van der Waals surface area (Å²) < 4.78 is 0. The van der Waals surface area contributed by atoms with E-state index in [2.05, 4.69) is 0 Å². The average Bonchev–Trinajstić information content (AvgIpc) is 3.15. The fraction of sp³-hybridized carbons (Fsp3) is 0.389. The van der Waals surface area contributed by atoms with Crippen molar-refractivity contribution < 1.29 is 24.0 Å². The Labute approximate surface area is 150 Å². The third-order valence-corrected chi connectivity index (χ3v) is 4.44. The van der Waals surface area contributed by atoms with Gasteiger partial charge in [-0.15, -0.1) is 0 Å². The minimum atomic E-state index is -0.984. The number of anilines is 1. The second kappa shape index (κ2) is 7.07. The molecule has 3 rings (SSSR count). The molecule has 2 saturated heterocycles. The van der Waals surface area contributed by atoms with E-state index >= 15 is 0 Å². The highest BCUT2D eigenvalue weighted by molar-refractivity contribution is 6.45. The molecule has 26 heavy (non-hydrogen) atoms. The molecule has 0 N–H and O–H groups in total. The van der Waals surface area contributed by atoms with Gasteiger partial charge < -0.3 is 4.90 Å². The van der Waals surface area contributed by atoms with Crippen LogP contribution in [0, 0.1) is 0 Å². The molecule has 2 heterocycles. The Hall–Kier alpha value is -3.03. The Morgan fingerprint density at radius 1 is 1.08 bits per heavy atom. The van der Waals surface area contributed by atoms with Gasteiger partial charge in [0.2, 0.25) is 5.91 Å². The lowest BCUT2D eigenvalue weighted by molar-refractivity contribution is -0.143. The molecule has 0 aromatic heterocycles. The number of benzene rings is 1. The van der Waals surface area contributed by atoms with Gasteiger partial charge in [0.05, 0.1) is 6.54 Å². The van der Waals surface area contributed by atoms with E-state index in [1.165, 1.54) is 0 Å². The molecule has 0 unspecified atom stereocenters. The van der Waals surface area contributed by atoms with Crippen molar-refractivity contribution >= 4 is 35.2 Å². The quantitative estimate of drug-likeness (QED) is 0.433. The van der Waals surface area contributed by atoms with Crippen molar-refractivity contribution in [2.45, 2.75) is 26.2 Å². The molecule has 0 aliphatic carbocycles. The Morgan fingerprint density at radius 2 is 1.81 bits per heavy atom. The van der Waals surface area contributed by atoms with Crippen molar-refractivity contribution in [1.82, 2.24) is 9.80 Å². The van der Waals surface area contributed by atoms with Crippen LogP contribution in [0.15, 0.2) is 24.3 Å². The van der Waals surface area contributed by atoms with Gasteiger partial charge in [-0.2, -0.15) is 0 Å². The highest BCUT2D eigenvalue weighted by Crippen LogP contribution is 2.23. The largest absolute Gasteiger partial charge is 0.334 e. The number of urea groups is 1. The van der Waals surface area contributed by atoms with Crippen LogP contribution < -0.4 is 4.90 Å². The maximum absolute atomic E-state index is 12.5. The summed E-state index contributed by atoms with van der Waals surface area (Å²) in [5.74, 6) is -2.35. The van der Waals surface area contributed by atoms with Crippen molar-refractivity contribution in [2.75, 3.05) is 24.5 Å². The number of hydrogen-bond acceptors (Lipinski definition) is 5. The van der Waals surface area contributed by atoms with Crippen LogP contribution in [0.5, 0.6) is 0 Å². The van der Waals surface area contributed by atoms with Gasteiger partial charge in [-0.3, -0.25) is 24.1 Å². The van der Waals surface area contributed by atoms with E-state index in [0.717, 1.165) is 11.3 Å². The van der Waals surface area contributed by atoms with Crippen molar-refractivity contribution in [3.05, 3.63) is 29.8 Å². The summed E-state index contributed by atoms with van der Waals surface area (Å²) in [6.45, 7) is 2.02. The Kier molecular flexibility index (Phi) is 4.83. The van der Waals surface area contributed by atoms with Crippen LogP contribution in [0.3, 0.4) is 0 Å². The third kappa shape index (κ3) is 3.10. The molecule has 5 amide bonds. The Morgan fingerprint density at radius 3 is 2.46 bits per heavy atom. The molecule has 2 fully saturated rings. The van der Waals surface area contributed by atoms with E-state index in [-0.39, 0.29) is 18.0 Å². The van der Waals surface area contributed by atoms with Crippen LogP contribution >= 0.6 is 0 Å². The number of imide groups is 2. The Balaban J connectivity index is 1.76. The minimum Gasteiger partial charge on any atom is -0.312 e. The summed E-state index contributed by atoms with van der Waals surface area (Å²) in [4.78, 5) is 63.6. The summed E-state index contributed by atoms with van der Waals surface area (Å²) >= 11 is 0. The lowest BCUT2D eigenvalue weighted by Crippen LogP contribution is -2.37. The zero-order valence-corrected chi connectivity index (χ0v) is 14.4. The number of hydrogen-bond donors (Lipinski definition) is 0. The number of nitrogens with zero attached hydrogens (tertiary/aromatic N) is 3. The molecule has 0 bridgehead atoms. The maximum Gasteiger partial charge on any atom is 0.334 e. The standard InChI is InChI=1S/C18H19N3O5/c1-2-8-20-16(24)17(25)21(18(20)26)11-14(22)12-5-3-6-13(10-12)19-9-4-7-15(19)23/h3,5-6,10H,2,4,7-9,11H2,1H3. The monoisotopic (exact) mass is 357 g/mol. The number of ketones is 1. The second-order valence-corrected chi connectivity index (χ2v) is 6.25. The lowest BCUT2D eigenvalue weighted by Gasteiger charge is -2.17. The van der Waals surface area contributed by atoms with Gasteiger partial charge in [0.15, 0.2) is 5.78 Å². The molecular weight excluding hydrogens is 338 g/mol. The van der Waals surface area contributed by atoms with E-state index in [9.17, 15) is 24.0 Å². The van der Waals surface area contributed by atoms with Crippen LogP contribution in [0.1, 0.15) is 36.5 Å². The molecule has 136 valence electrons. The molecule has 0 atom stereocenters. The van der Waals surface area contributed by atoms with Gasteiger partial charge in [0.25, 0.3) is 0 Å². The molecule has 1 aromatic carbocycles. The molecule has 2 aliphatic heterocycles. The SMILES string of the molecule is CCCN1C(=O)C(=O)N(CC(=O)c2cccc(N3CCCC3=O)c2)C1=O. The first-order chi connectivity index (χ1) is 12.4. The number of rotatable bonds is 6. The van der Waals surface area contributed by atoms with E-state index < -0.39 is 30.2 Å². The normalized spacial score (nSPS) is 17.7. The fourth-order valence-electron chi connectivity index (χ4n) is 3.11. The van der Waals surface area contributed by atoms with E-state index in [1.807, 2.05) is 0 Å². The zero-order chi connectivity index (χ0) is 18.8. The molecule has 0 radical (unpaired) electrons. The van der Waals surface area contributed by atoms with Gasteiger partial charge in [-0.25, -0.2) is 9.69 Å². The third-order valence-electron chi connectivity index (χ3n) is 4.44. The van der Waals surface area contributed by atoms with Crippen molar-refractivity contribution in [3.8, 4) is 0 Å². The van der Waals surface area contributed by atoms with Crippen LogP contribution in [0.4, 0.5) is 10.5 Å². The minimum absolute atomic E-state index is 0.000279.